The first kappa shape index (κ1) is 15.5. The van der Waals surface area contributed by atoms with Crippen molar-refractivity contribution in [3.63, 3.8) is 0 Å². The van der Waals surface area contributed by atoms with Gasteiger partial charge in [-0.25, -0.2) is 0 Å². The van der Waals surface area contributed by atoms with E-state index in [1.54, 1.807) is 12.3 Å². The van der Waals surface area contributed by atoms with Crippen molar-refractivity contribution in [2.24, 2.45) is 0 Å². The van der Waals surface area contributed by atoms with E-state index in [1.165, 1.54) is 6.20 Å². The molecule has 21 heavy (non-hydrogen) atoms. The highest BCUT2D eigenvalue weighted by Gasteiger charge is 2.21. The molecule has 5 heteroatoms. The Morgan fingerprint density at radius 3 is 2.81 bits per heavy atom. The van der Waals surface area contributed by atoms with Crippen LogP contribution >= 0.6 is 0 Å². The van der Waals surface area contributed by atoms with Gasteiger partial charge in [0, 0.05) is 30.4 Å². The van der Waals surface area contributed by atoms with Gasteiger partial charge in [0.25, 0.3) is 5.91 Å². The van der Waals surface area contributed by atoms with Crippen LogP contribution in [0.1, 0.15) is 48.0 Å². The van der Waals surface area contributed by atoms with Crippen molar-refractivity contribution in [1.82, 2.24) is 10.3 Å². The summed E-state index contributed by atoms with van der Waals surface area (Å²) in [6, 6.07) is 1.81. The van der Waals surface area contributed by atoms with E-state index in [0.717, 1.165) is 25.7 Å². The molecule has 3 N–H and O–H groups in total. The number of hydrogen-bond donors (Lipinski definition) is 3. The molecule has 0 atom stereocenters. The molecule has 1 heterocycles. The van der Waals surface area contributed by atoms with E-state index in [0.29, 0.717) is 17.5 Å². The number of carbonyl (C=O) groups is 1. The normalized spacial score (nSPS) is 21.2. The van der Waals surface area contributed by atoms with Crippen LogP contribution in [-0.4, -0.2) is 39.9 Å². The molecule has 1 saturated carbocycles. The fraction of sp³-hybridized carbons (Fsp3) is 0.500. The molecule has 0 aromatic carbocycles. The lowest BCUT2D eigenvalue weighted by molar-refractivity contribution is 0.0867. The third-order valence-electron chi connectivity index (χ3n) is 3.50. The minimum absolute atomic E-state index is 0.0220. The van der Waals surface area contributed by atoms with Gasteiger partial charge in [-0.3, -0.25) is 9.78 Å². The predicted octanol–water partition coefficient (Wildman–Crippen LogP) is 0.849. The van der Waals surface area contributed by atoms with Crippen LogP contribution < -0.4 is 5.32 Å². The Morgan fingerprint density at radius 2 is 2.10 bits per heavy atom. The second kappa shape index (κ2) is 7.77. The molecule has 1 aromatic heterocycles. The highest BCUT2D eigenvalue weighted by Crippen LogP contribution is 2.18. The average molecular weight is 288 g/mol. The number of nitrogens with one attached hydrogen (secondary N) is 1. The van der Waals surface area contributed by atoms with E-state index in [9.17, 15) is 9.90 Å². The second-order valence-electron chi connectivity index (χ2n) is 5.22. The molecule has 112 valence electrons. The summed E-state index contributed by atoms with van der Waals surface area (Å²) in [5.41, 5.74) is 1.15. The first-order valence-electron chi connectivity index (χ1n) is 7.22. The number of carbonyl (C=O) groups excluding carboxylic acids is 1. The summed E-state index contributed by atoms with van der Waals surface area (Å²) >= 11 is 0. The van der Waals surface area contributed by atoms with Gasteiger partial charge in [0.2, 0.25) is 0 Å². The summed E-state index contributed by atoms with van der Waals surface area (Å²) in [6.07, 6.45) is 6.35. The molecule has 1 aliphatic carbocycles. The van der Waals surface area contributed by atoms with Crippen molar-refractivity contribution in [3.8, 4) is 11.8 Å². The van der Waals surface area contributed by atoms with Crippen molar-refractivity contribution in [2.75, 3.05) is 6.61 Å². The Bertz CT molecular complexity index is 540. The van der Waals surface area contributed by atoms with Gasteiger partial charge in [0.1, 0.15) is 0 Å². The number of pyridine rings is 1. The molecule has 0 radical (unpaired) electrons. The van der Waals surface area contributed by atoms with Gasteiger partial charge in [0.05, 0.1) is 18.3 Å². The molecule has 0 saturated heterocycles. The van der Waals surface area contributed by atoms with Gasteiger partial charge < -0.3 is 15.5 Å². The highest BCUT2D eigenvalue weighted by atomic mass is 16.3. The smallest absolute Gasteiger partial charge is 0.253 e. The van der Waals surface area contributed by atoms with Gasteiger partial charge >= 0.3 is 0 Å². The van der Waals surface area contributed by atoms with Crippen molar-refractivity contribution < 1.29 is 15.0 Å². The maximum Gasteiger partial charge on any atom is 0.253 e. The van der Waals surface area contributed by atoms with Gasteiger partial charge in [0.15, 0.2) is 0 Å². The average Bonchev–Trinajstić information content (AvgIpc) is 2.50. The molecular formula is C16H20N2O3. The van der Waals surface area contributed by atoms with Crippen LogP contribution in [0.4, 0.5) is 0 Å². The SMILES string of the molecule is O=C(NC1CCC(O)CC1)c1cncc(C#CCCO)c1. The molecule has 0 spiro atoms. The monoisotopic (exact) mass is 288 g/mol. The molecule has 0 aliphatic heterocycles. The van der Waals surface area contributed by atoms with E-state index in [-0.39, 0.29) is 24.7 Å². The number of aliphatic hydroxyl groups is 2. The molecule has 5 nitrogen and oxygen atoms in total. The zero-order valence-electron chi connectivity index (χ0n) is 11.9. The number of rotatable bonds is 3. The summed E-state index contributed by atoms with van der Waals surface area (Å²) in [7, 11) is 0. The third-order valence-corrected chi connectivity index (χ3v) is 3.50. The Hall–Kier alpha value is -1.90. The number of amides is 1. The summed E-state index contributed by atoms with van der Waals surface area (Å²) in [5.74, 6) is 5.51. The van der Waals surface area contributed by atoms with Crippen LogP contribution in [0.15, 0.2) is 18.5 Å². The zero-order chi connectivity index (χ0) is 15.1. The van der Waals surface area contributed by atoms with Crippen LogP contribution in [0.5, 0.6) is 0 Å². The van der Waals surface area contributed by atoms with Crippen LogP contribution in [0.2, 0.25) is 0 Å². The van der Waals surface area contributed by atoms with Crippen LogP contribution in [0.25, 0.3) is 0 Å². The Kier molecular flexibility index (Phi) is 5.73. The fourth-order valence-corrected chi connectivity index (χ4v) is 2.34. The summed E-state index contributed by atoms with van der Waals surface area (Å²) in [6.45, 7) is 0.0220. The van der Waals surface area contributed by atoms with Crippen LogP contribution in [0, 0.1) is 11.8 Å². The number of aliphatic hydroxyl groups excluding tert-OH is 2. The molecule has 1 fully saturated rings. The molecule has 1 amide bonds. The lowest BCUT2D eigenvalue weighted by Crippen LogP contribution is -2.38. The van der Waals surface area contributed by atoms with Crippen molar-refractivity contribution in [3.05, 3.63) is 29.6 Å². The van der Waals surface area contributed by atoms with Gasteiger partial charge in [-0.2, -0.15) is 0 Å². The lowest BCUT2D eigenvalue weighted by Gasteiger charge is -2.26. The summed E-state index contributed by atoms with van der Waals surface area (Å²) in [5, 5.41) is 21.1. The summed E-state index contributed by atoms with van der Waals surface area (Å²) in [4.78, 5) is 16.2. The predicted molar refractivity (Wildman–Crippen MR) is 78.5 cm³/mol. The molecule has 0 bridgehead atoms. The maximum atomic E-state index is 12.2. The molecule has 1 aromatic rings. The minimum Gasteiger partial charge on any atom is -0.395 e. The van der Waals surface area contributed by atoms with Crippen molar-refractivity contribution in [1.29, 1.82) is 0 Å². The quantitative estimate of drug-likeness (QED) is 0.720. The van der Waals surface area contributed by atoms with E-state index >= 15 is 0 Å². The number of aromatic nitrogens is 1. The minimum atomic E-state index is -0.232. The zero-order valence-corrected chi connectivity index (χ0v) is 11.9. The van der Waals surface area contributed by atoms with Gasteiger partial charge in [-0.05, 0) is 31.7 Å². The van der Waals surface area contributed by atoms with Crippen molar-refractivity contribution in [2.45, 2.75) is 44.2 Å². The maximum absolute atomic E-state index is 12.2. The van der Waals surface area contributed by atoms with E-state index in [2.05, 4.69) is 22.1 Å². The lowest BCUT2D eigenvalue weighted by atomic mass is 9.93. The standard InChI is InChI=1S/C16H20N2O3/c19-8-2-1-3-12-9-13(11-17-10-12)16(21)18-14-4-6-15(20)7-5-14/h9-11,14-15,19-20H,2,4-8H2,(H,18,21). The second-order valence-corrected chi connectivity index (χ2v) is 5.22. The van der Waals surface area contributed by atoms with Crippen LogP contribution in [-0.2, 0) is 0 Å². The number of hydrogen-bond acceptors (Lipinski definition) is 4. The van der Waals surface area contributed by atoms with Gasteiger partial charge in [-0.1, -0.05) is 11.8 Å². The van der Waals surface area contributed by atoms with E-state index in [1.807, 2.05) is 0 Å². The first-order valence-corrected chi connectivity index (χ1v) is 7.22. The highest BCUT2D eigenvalue weighted by molar-refractivity contribution is 5.94. The van der Waals surface area contributed by atoms with E-state index in [4.69, 9.17) is 5.11 Å². The Balaban J connectivity index is 1.96. The molecule has 2 rings (SSSR count). The molecule has 1 aliphatic rings. The van der Waals surface area contributed by atoms with Crippen molar-refractivity contribution >= 4 is 5.91 Å². The largest absolute Gasteiger partial charge is 0.395 e. The Morgan fingerprint density at radius 1 is 1.33 bits per heavy atom. The fourth-order valence-electron chi connectivity index (χ4n) is 2.34. The Labute approximate surface area is 124 Å². The van der Waals surface area contributed by atoms with Gasteiger partial charge in [-0.15, -0.1) is 0 Å². The molecular weight excluding hydrogens is 268 g/mol. The number of nitrogens with zero attached hydrogens (tertiary/aromatic N) is 1. The summed E-state index contributed by atoms with van der Waals surface area (Å²) < 4.78 is 0. The molecule has 0 unspecified atom stereocenters. The van der Waals surface area contributed by atoms with E-state index < -0.39 is 0 Å². The van der Waals surface area contributed by atoms with Crippen LogP contribution in [0.3, 0.4) is 0 Å². The topological polar surface area (TPSA) is 82.5 Å². The first-order chi connectivity index (χ1) is 10.2. The third kappa shape index (κ3) is 4.85.